The number of aromatic nitrogens is 5. The molecule has 4 rings (SSSR count). The zero-order valence-corrected chi connectivity index (χ0v) is 23.5. The van der Waals surface area contributed by atoms with Gasteiger partial charge in [0.1, 0.15) is 23.9 Å². The lowest BCUT2D eigenvalue weighted by Gasteiger charge is -2.16. The van der Waals surface area contributed by atoms with Crippen LogP contribution < -0.4 is 15.9 Å². The lowest BCUT2D eigenvalue weighted by Crippen LogP contribution is -2.27. The first kappa shape index (κ1) is 30.5. The largest absolute Gasteiger partial charge is 0.489 e. The number of carbonyl (C=O) groups is 1. The molecule has 15 heteroatoms. The van der Waals surface area contributed by atoms with Crippen molar-refractivity contribution in [3.8, 4) is 11.6 Å². The third-order valence-electron chi connectivity index (χ3n) is 5.96. The van der Waals surface area contributed by atoms with Gasteiger partial charge in [0.25, 0.3) is 5.91 Å². The van der Waals surface area contributed by atoms with Gasteiger partial charge in [-0.1, -0.05) is 36.7 Å². The summed E-state index contributed by atoms with van der Waals surface area (Å²) in [5, 5.41) is 20.0. The molecule has 0 aliphatic carbocycles. The molecule has 2 aromatic heterocycles. The number of benzene rings is 2. The number of anilines is 1. The molecule has 0 saturated heterocycles. The van der Waals surface area contributed by atoms with Gasteiger partial charge in [-0.2, -0.15) is 9.78 Å². The lowest BCUT2D eigenvalue weighted by atomic mass is 10.1. The summed E-state index contributed by atoms with van der Waals surface area (Å²) in [6.45, 7) is 7.62. The Morgan fingerprint density at radius 3 is 2.55 bits per heavy atom. The highest BCUT2D eigenvalue weighted by molar-refractivity contribution is 6.31. The van der Waals surface area contributed by atoms with Gasteiger partial charge in [-0.3, -0.25) is 9.69 Å². The summed E-state index contributed by atoms with van der Waals surface area (Å²) in [6.07, 6.45) is 0. The van der Waals surface area contributed by atoms with Crippen molar-refractivity contribution in [2.75, 3.05) is 18.8 Å². The highest BCUT2D eigenvalue weighted by Crippen LogP contribution is 2.22. The predicted molar refractivity (Wildman–Crippen MR) is 149 cm³/mol. The molecule has 4 aromatic rings. The minimum atomic E-state index is -0.564. The normalized spacial score (nSPS) is 11.4. The Labute approximate surface area is 240 Å². The molecule has 212 valence electrons. The summed E-state index contributed by atoms with van der Waals surface area (Å²) < 4.78 is 25.5. The smallest absolute Gasteiger partial charge is 0.292 e. The summed E-state index contributed by atoms with van der Waals surface area (Å²) in [5.74, 6) is -0.471. The lowest BCUT2D eigenvalue weighted by molar-refractivity contribution is 0.0944. The zero-order chi connectivity index (χ0) is 27.9. The van der Waals surface area contributed by atoms with Crippen LogP contribution in [0.3, 0.4) is 0 Å². The number of amides is 1. The molecule has 40 heavy (non-hydrogen) atoms. The molecule has 0 bridgehead atoms. The Bertz CT molecular complexity index is 1450. The summed E-state index contributed by atoms with van der Waals surface area (Å²) >= 11 is 6.06. The number of hydrazone groups is 1. The van der Waals surface area contributed by atoms with Gasteiger partial charge in [-0.05, 0) is 72.3 Å². The van der Waals surface area contributed by atoms with Crippen molar-refractivity contribution in [3.63, 3.8) is 0 Å². The monoisotopic (exact) mass is 591 g/mol. The van der Waals surface area contributed by atoms with E-state index in [0.29, 0.717) is 28.7 Å². The first-order chi connectivity index (χ1) is 18.8. The third kappa shape index (κ3) is 6.92. The van der Waals surface area contributed by atoms with Crippen molar-refractivity contribution >= 4 is 41.4 Å². The van der Waals surface area contributed by atoms with Crippen LogP contribution in [0.5, 0.6) is 5.75 Å². The molecule has 0 radical (unpaired) electrons. The zero-order valence-electron chi connectivity index (χ0n) is 22.0. The standard InChI is InChI=1S/C25H27ClFN9O3.ClH/c1-4-35(5-2)13-21-22(36(34-30-21)24-23(28)32-39-33-24)25(37)31-29-15(3)16-9-11-17(12-10-16)38-14-18-19(26)7-6-8-20(18)27;/h6-12H,4-5,13-14H2,1-3H3,(H2,28,32)(H,31,37);1H/b29-15+;. The summed E-state index contributed by atoms with van der Waals surface area (Å²) in [6, 6.07) is 11.4. The molecule has 0 atom stereocenters. The van der Waals surface area contributed by atoms with Crippen LogP contribution in [-0.4, -0.2) is 54.9 Å². The van der Waals surface area contributed by atoms with Crippen LogP contribution in [0.4, 0.5) is 10.2 Å². The number of nitrogens with two attached hydrogens (primary N) is 1. The van der Waals surface area contributed by atoms with Crippen LogP contribution in [0.1, 0.15) is 48.1 Å². The quantitative estimate of drug-likeness (QED) is 0.195. The number of rotatable bonds is 11. The topological polar surface area (TPSA) is 150 Å². The maximum atomic E-state index is 14.0. The van der Waals surface area contributed by atoms with Gasteiger partial charge in [0.05, 0.1) is 10.7 Å². The molecule has 2 heterocycles. The van der Waals surface area contributed by atoms with E-state index in [2.05, 4.69) is 40.7 Å². The van der Waals surface area contributed by atoms with E-state index >= 15 is 0 Å². The summed E-state index contributed by atoms with van der Waals surface area (Å²) in [7, 11) is 0. The average Bonchev–Trinajstić information content (AvgIpc) is 3.55. The molecule has 0 saturated carbocycles. The fourth-order valence-electron chi connectivity index (χ4n) is 3.66. The molecule has 0 aliphatic heterocycles. The molecule has 0 fully saturated rings. The van der Waals surface area contributed by atoms with Crippen LogP contribution in [0, 0.1) is 5.82 Å². The van der Waals surface area contributed by atoms with E-state index in [1.165, 1.54) is 16.8 Å². The number of carbonyl (C=O) groups excluding carboxylic acids is 1. The molecule has 2 aromatic carbocycles. The Balaban J connectivity index is 0.00000441. The van der Waals surface area contributed by atoms with Crippen molar-refractivity contribution < 1.29 is 18.6 Å². The Hall–Kier alpha value is -4.07. The third-order valence-corrected chi connectivity index (χ3v) is 6.32. The van der Waals surface area contributed by atoms with Crippen molar-refractivity contribution in [3.05, 3.63) is 75.8 Å². The van der Waals surface area contributed by atoms with E-state index in [-0.39, 0.29) is 41.9 Å². The number of hydrogen-bond donors (Lipinski definition) is 2. The number of nitrogen functional groups attached to an aromatic ring is 1. The van der Waals surface area contributed by atoms with Crippen molar-refractivity contribution in [1.29, 1.82) is 0 Å². The van der Waals surface area contributed by atoms with Crippen molar-refractivity contribution in [1.82, 2.24) is 35.6 Å². The van der Waals surface area contributed by atoms with Crippen molar-refractivity contribution in [2.45, 2.75) is 33.9 Å². The second kappa shape index (κ2) is 13.8. The van der Waals surface area contributed by atoms with Crippen LogP contribution in [0.15, 0.2) is 52.2 Å². The van der Waals surface area contributed by atoms with Gasteiger partial charge in [0.2, 0.25) is 11.6 Å². The van der Waals surface area contributed by atoms with Gasteiger partial charge in [0, 0.05) is 12.1 Å². The van der Waals surface area contributed by atoms with E-state index in [4.69, 9.17) is 22.1 Å². The second-order valence-corrected chi connectivity index (χ2v) is 8.79. The van der Waals surface area contributed by atoms with Gasteiger partial charge in [0.15, 0.2) is 5.69 Å². The van der Waals surface area contributed by atoms with E-state index in [9.17, 15) is 9.18 Å². The van der Waals surface area contributed by atoms with Crippen LogP contribution >= 0.6 is 24.0 Å². The fourth-order valence-corrected chi connectivity index (χ4v) is 3.88. The number of ether oxygens (including phenoxy) is 1. The minimum Gasteiger partial charge on any atom is -0.489 e. The summed E-state index contributed by atoms with van der Waals surface area (Å²) in [5.41, 5.74) is 10.4. The second-order valence-electron chi connectivity index (χ2n) is 8.38. The highest BCUT2D eigenvalue weighted by Gasteiger charge is 2.26. The molecular formula is C25H28Cl2FN9O3. The van der Waals surface area contributed by atoms with E-state index < -0.39 is 11.7 Å². The first-order valence-corrected chi connectivity index (χ1v) is 12.5. The van der Waals surface area contributed by atoms with Crippen LogP contribution in [-0.2, 0) is 13.2 Å². The molecule has 12 nitrogen and oxygen atoms in total. The highest BCUT2D eigenvalue weighted by atomic mass is 35.5. The maximum Gasteiger partial charge on any atom is 0.292 e. The van der Waals surface area contributed by atoms with Crippen LogP contribution in [0.2, 0.25) is 5.02 Å². The summed E-state index contributed by atoms with van der Waals surface area (Å²) in [4.78, 5) is 15.3. The van der Waals surface area contributed by atoms with Gasteiger partial charge in [-0.15, -0.1) is 17.5 Å². The average molecular weight is 592 g/mol. The van der Waals surface area contributed by atoms with Gasteiger partial charge < -0.3 is 10.5 Å². The Kier molecular flexibility index (Phi) is 10.5. The molecule has 0 aliphatic rings. The van der Waals surface area contributed by atoms with E-state index in [1.807, 2.05) is 13.8 Å². The molecule has 0 spiro atoms. The Morgan fingerprint density at radius 2 is 1.93 bits per heavy atom. The number of halogens is 3. The van der Waals surface area contributed by atoms with Gasteiger partial charge in [-0.25, -0.2) is 14.4 Å². The predicted octanol–water partition coefficient (Wildman–Crippen LogP) is 4.02. The molecular weight excluding hydrogens is 564 g/mol. The molecule has 1 amide bonds. The maximum absolute atomic E-state index is 14.0. The minimum absolute atomic E-state index is 0. The number of nitrogens with one attached hydrogen (secondary N) is 1. The number of nitrogens with zero attached hydrogens (tertiary/aromatic N) is 7. The van der Waals surface area contributed by atoms with E-state index in [0.717, 1.165) is 18.7 Å². The Morgan fingerprint density at radius 1 is 1.20 bits per heavy atom. The number of hydrogen-bond acceptors (Lipinski definition) is 10. The SMILES string of the molecule is CCN(CC)Cc1nnn(-c2nonc2N)c1C(=O)N/N=C(\C)c1ccc(OCc2c(F)cccc2Cl)cc1.Cl. The van der Waals surface area contributed by atoms with Gasteiger partial charge >= 0.3 is 0 Å². The molecule has 0 unspecified atom stereocenters. The molecule has 3 N–H and O–H groups in total. The van der Waals surface area contributed by atoms with Crippen molar-refractivity contribution in [2.24, 2.45) is 5.10 Å². The fraction of sp³-hybridized carbons (Fsp3) is 0.280. The van der Waals surface area contributed by atoms with Crippen LogP contribution in [0.25, 0.3) is 5.82 Å². The first-order valence-electron chi connectivity index (χ1n) is 12.1. The van der Waals surface area contributed by atoms with E-state index in [1.54, 1.807) is 37.3 Å².